The molecule has 1 aliphatic heterocycles. The molecule has 1 aromatic heterocycles. The van der Waals surface area contributed by atoms with E-state index in [0.29, 0.717) is 22.3 Å². The van der Waals surface area contributed by atoms with Crippen molar-refractivity contribution in [1.82, 2.24) is 14.9 Å². The molecule has 9 rings (SSSR count). The van der Waals surface area contributed by atoms with Crippen molar-refractivity contribution in [2.24, 2.45) is 0 Å². The fourth-order valence-electron chi connectivity index (χ4n) is 7.29. The maximum Gasteiger partial charge on any atom is 0.281 e. The zero-order valence-corrected chi connectivity index (χ0v) is 28.7. The lowest BCUT2D eigenvalue weighted by Crippen LogP contribution is -2.41. The molecular formula is C46H30N4O4. The summed E-state index contributed by atoms with van der Waals surface area (Å²) in [6.45, 7) is 0. The van der Waals surface area contributed by atoms with Crippen molar-refractivity contribution in [1.29, 1.82) is 0 Å². The molecule has 0 atom stereocenters. The van der Waals surface area contributed by atoms with Crippen molar-refractivity contribution in [3.63, 3.8) is 0 Å². The summed E-state index contributed by atoms with van der Waals surface area (Å²) in [4.78, 5) is 31.1. The van der Waals surface area contributed by atoms with Gasteiger partial charge in [-0.25, -0.2) is 4.68 Å². The Hall–Kier alpha value is -7.58. The van der Waals surface area contributed by atoms with Crippen LogP contribution in [0, 0.1) is 0 Å². The summed E-state index contributed by atoms with van der Waals surface area (Å²) in [6, 6.07) is 51.9. The van der Waals surface area contributed by atoms with Crippen LogP contribution in [0.5, 0.6) is 11.5 Å². The summed E-state index contributed by atoms with van der Waals surface area (Å²) < 4.78 is 1.44. The summed E-state index contributed by atoms with van der Waals surface area (Å²) in [5, 5.41) is 30.4. The van der Waals surface area contributed by atoms with Gasteiger partial charge in [-0.1, -0.05) is 121 Å². The van der Waals surface area contributed by atoms with Gasteiger partial charge >= 0.3 is 0 Å². The third kappa shape index (κ3) is 5.32. The zero-order valence-electron chi connectivity index (χ0n) is 28.7. The van der Waals surface area contributed by atoms with Crippen LogP contribution in [0.1, 0.15) is 20.7 Å². The van der Waals surface area contributed by atoms with Gasteiger partial charge in [-0.15, -0.1) is 10.2 Å². The summed E-state index contributed by atoms with van der Waals surface area (Å²) in [5.41, 5.74) is 7.74. The highest BCUT2D eigenvalue weighted by Crippen LogP contribution is 2.52. The molecule has 8 aromatic rings. The Labute approximate surface area is 310 Å². The number of nitrogens with zero attached hydrogens (tertiary/aromatic N) is 4. The SMILES string of the molecule is O=C1c2c(c(-c3ccccc3)c(-c3ccccc3)c(-c3ccccc3)c2-c2ccccc2)C(=O)N1n1c(-c2ccc(O)cc2)nnc1-c1ccc(O)cc1. The van der Waals surface area contributed by atoms with Gasteiger partial charge in [0, 0.05) is 22.3 Å². The van der Waals surface area contributed by atoms with Crippen LogP contribution >= 0.6 is 0 Å². The number of rotatable bonds is 7. The molecule has 2 amide bonds. The predicted octanol–water partition coefficient (Wildman–Crippen LogP) is 9.62. The van der Waals surface area contributed by atoms with Gasteiger partial charge in [0.1, 0.15) is 11.5 Å². The molecule has 0 radical (unpaired) electrons. The van der Waals surface area contributed by atoms with Crippen molar-refractivity contribution in [3.8, 4) is 78.8 Å². The molecular weight excluding hydrogens is 673 g/mol. The molecule has 1 aliphatic rings. The lowest BCUT2D eigenvalue weighted by Gasteiger charge is -2.23. The monoisotopic (exact) mass is 702 g/mol. The minimum absolute atomic E-state index is 0.0474. The van der Waals surface area contributed by atoms with Crippen LogP contribution in [-0.2, 0) is 0 Å². The third-order valence-corrected chi connectivity index (χ3v) is 9.65. The lowest BCUT2D eigenvalue weighted by atomic mass is 9.78. The Kier molecular flexibility index (Phi) is 7.90. The van der Waals surface area contributed by atoms with E-state index in [-0.39, 0.29) is 34.3 Å². The van der Waals surface area contributed by atoms with E-state index in [0.717, 1.165) is 38.4 Å². The number of carbonyl (C=O) groups is 2. The smallest absolute Gasteiger partial charge is 0.281 e. The van der Waals surface area contributed by atoms with E-state index in [2.05, 4.69) is 10.2 Å². The molecule has 7 aromatic carbocycles. The molecule has 0 aliphatic carbocycles. The Morgan fingerprint density at radius 2 is 0.611 bits per heavy atom. The molecule has 8 nitrogen and oxygen atoms in total. The first kappa shape index (κ1) is 32.3. The minimum atomic E-state index is -0.553. The van der Waals surface area contributed by atoms with Gasteiger partial charge in [-0.2, -0.15) is 5.01 Å². The molecule has 8 heteroatoms. The number of hydrogen-bond acceptors (Lipinski definition) is 6. The third-order valence-electron chi connectivity index (χ3n) is 9.65. The predicted molar refractivity (Wildman–Crippen MR) is 209 cm³/mol. The van der Waals surface area contributed by atoms with Crippen LogP contribution < -0.4 is 5.01 Å². The fraction of sp³-hybridized carbons (Fsp3) is 0. The Morgan fingerprint density at radius 3 is 0.907 bits per heavy atom. The van der Waals surface area contributed by atoms with Crippen molar-refractivity contribution < 1.29 is 19.8 Å². The van der Waals surface area contributed by atoms with Crippen LogP contribution in [-0.4, -0.2) is 36.9 Å². The van der Waals surface area contributed by atoms with Crippen LogP contribution in [0.2, 0.25) is 0 Å². The maximum absolute atomic E-state index is 15.5. The van der Waals surface area contributed by atoms with Gasteiger partial charge in [-0.05, 0) is 81.9 Å². The number of amides is 2. The second kappa shape index (κ2) is 13.2. The molecule has 0 bridgehead atoms. The number of carbonyl (C=O) groups excluding carboxylic acids is 2. The average Bonchev–Trinajstić information content (AvgIpc) is 3.76. The van der Waals surface area contributed by atoms with E-state index >= 15 is 9.59 Å². The Morgan fingerprint density at radius 1 is 0.333 bits per heavy atom. The van der Waals surface area contributed by atoms with Crippen molar-refractivity contribution in [3.05, 3.63) is 181 Å². The molecule has 0 fully saturated rings. The molecule has 0 saturated heterocycles. The number of aromatic hydroxyl groups is 2. The van der Waals surface area contributed by atoms with E-state index in [9.17, 15) is 10.2 Å². The van der Waals surface area contributed by atoms with E-state index in [1.165, 1.54) is 28.9 Å². The van der Waals surface area contributed by atoms with E-state index in [4.69, 9.17) is 0 Å². The number of benzene rings is 7. The standard InChI is InChI=1S/C46H30N4O4/c51-35-25-21-33(22-26-35)43-47-48-44(34-23-27-36(52)28-24-34)49(43)50-45(53)41-39(31-17-9-3-10-18-31)37(29-13-5-1-6-14-29)38(30-15-7-2-8-16-30)40(42(41)46(50)54)32-19-11-4-12-20-32/h1-28,51-52H. The van der Waals surface area contributed by atoms with E-state index < -0.39 is 11.8 Å². The summed E-state index contributed by atoms with van der Waals surface area (Å²) in [7, 11) is 0. The van der Waals surface area contributed by atoms with Crippen LogP contribution in [0.25, 0.3) is 67.3 Å². The van der Waals surface area contributed by atoms with Gasteiger partial charge in [0.25, 0.3) is 11.8 Å². The van der Waals surface area contributed by atoms with Crippen LogP contribution in [0.15, 0.2) is 170 Å². The number of imide groups is 1. The second-order valence-electron chi connectivity index (χ2n) is 12.9. The summed E-state index contributed by atoms with van der Waals surface area (Å²) in [5.74, 6) is -0.592. The highest BCUT2D eigenvalue weighted by atomic mass is 16.3. The number of phenolic OH excluding ortho intramolecular Hbond substituents is 2. The zero-order chi connectivity index (χ0) is 36.8. The number of aromatic nitrogens is 3. The molecule has 2 N–H and O–H groups in total. The van der Waals surface area contributed by atoms with Crippen LogP contribution in [0.4, 0.5) is 0 Å². The first-order valence-corrected chi connectivity index (χ1v) is 17.4. The number of hydrogen-bond donors (Lipinski definition) is 2. The number of phenols is 2. The topological polar surface area (TPSA) is 109 Å². The highest BCUT2D eigenvalue weighted by molar-refractivity contribution is 6.37. The molecule has 258 valence electrons. The van der Waals surface area contributed by atoms with Crippen molar-refractivity contribution in [2.75, 3.05) is 5.01 Å². The van der Waals surface area contributed by atoms with E-state index in [1.54, 1.807) is 24.3 Å². The fourth-order valence-corrected chi connectivity index (χ4v) is 7.29. The van der Waals surface area contributed by atoms with Crippen molar-refractivity contribution in [2.45, 2.75) is 0 Å². The first-order chi connectivity index (χ1) is 26.5. The van der Waals surface area contributed by atoms with Gasteiger partial charge in [-0.3, -0.25) is 9.59 Å². The van der Waals surface area contributed by atoms with Crippen LogP contribution in [0.3, 0.4) is 0 Å². The minimum Gasteiger partial charge on any atom is -0.508 e. The van der Waals surface area contributed by atoms with Gasteiger partial charge < -0.3 is 10.2 Å². The largest absolute Gasteiger partial charge is 0.508 e. The molecule has 54 heavy (non-hydrogen) atoms. The Balaban J connectivity index is 1.43. The molecule has 0 unspecified atom stereocenters. The molecule has 2 heterocycles. The summed E-state index contributed by atoms with van der Waals surface area (Å²) in [6.07, 6.45) is 0. The first-order valence-electron chi connectivity index (χ1n) is 17.4. The van der Waals surface area contributed by atoms with Gasteiger partial charge in [0.15, 0.2) is 11.6 Å². The Bertz CT molecular complexity index is 2490. The molecule has 0 saturated carbocycles. The quantitative estimate of drug-likeness (QED) is 0.160. The van der Waals surface area contributed by atoms with Gasteiger partial charge in [0.2, 0.25) is 0 Å². The normalized spacial score (nSPS) is 12.3. The number of fused-ring (bicyclic) bond motifs is 1. The molecule has 0 spiro atoms. The second-order valence-corrected chi connectivity index (χ2v) is 12.9. The van der Waals surface area contributed by atoms with Crippen molar-refractivity contribution >= 4 is 11.8 Å². The average molecular weight is 703 g/mol. The highest BCUT2D eigenvalue weighted by Gasteiger charge is 2.46. The maximum atomic E-state index is 15.5. The lowest BCUT2D eigenvalue weighted by molar-refractivity contribution is 0.0888. The summed E-state index contributed by atoms with van der Waals surface area (Å²) >= 11 is 0. The van der Waals surface area contributed by atoms with E-state index in [1.807, 2.05) is 121 Å². The van der Waals surface area contributed by atoms with Gasteiger partial charge in [0.05, 0.1) is 11.1 Å².